The minimum atomic E-state index is -0.252. The maximum absolute atomic E-state index is 13.3. The Labute approximate surface area is 111 Å². The molecular weight excluding hydrogens is 245 g/mol. The lowest BCUT2D eigenvalue weighted by Crippen LogP contribution is -1.93. The number of hydrogen-bond acceptors (Lipinski definition) is 2. The standard InChI is InChI=1S/C15H16FNS/c1-9-4-5-14(11(3)6-9)18-15-7-10(2)12(16)8-13(15)17/h4-8H,17H2,1-3H3. The lowest BCUT2D eigenvalue weighted by Gasteiger charge is -2.10. The maximum Gasteiger partial charge on any atom is 0.128 e. The van der Waals surface area contributed by atoms with Gasteiger partial charge in [-0.3, -0.25) is 0 Å². The fourth-order valence-corrected chi connectivity index (χ4v) is 2.80. The summed E-state index contributed by atoms with van der Waals surface area (Å²) in [5, 5.41) is 0. The van der Waals surface area contributed by atoms with Crippen LogP contribution in [-0.4, -0.2) is 0 Å². The Morgan fingerprint density at radius 2 is 1.67 bits per heavy atom. The van der Waals surface area contributed by atoms with Crippen molar-refractivity contribution in [1.29, 1.82) is 0 Å². The van der Waals surface area contributed by atoms with Gasteiger partial charge >= 0.3 is 0 Å². The molecule has 2 aromatic rings. The Balaban J connectivity index is 2.37. The molecule has 0 aromatic heterocycles. The molecule has 0 spiro atoms. The number of hydrogen-bond donors (Lipinski definition) is 1. The molecule has 2 rings (SSSR count). The third-order valence-electron chi connectivity index (χ3n) is 2.84. The van der Waals surface area contributed by atoms with Crippen molar-refractivity contribution < 1.29 is 4.39 Å². The molecular formula is C15H16FNS. The molecule has 0 saturated heterocycles. The highest BCUT2D eigenvalue weighted by atomic mass is 32.2. The Kier molecular flexibility index (Phi) is 3.62. The van der Waals surface area contributed by atoms with Gasteiger partial charge < -0.3 is 5.73 Å². The molecule has 0 unspecified atom stereocenters. The van der Waals surface area contributed by atoms with E-state index in [9.17, 15) is 4.39 Å². The highest BCUT2D eigenvalue weighted by Crippen LogP contribution is 2.35. The number of nitrogens with two attached hydrogens (primary N) is 1. The molecule has 2 N–H and O–H groups in total. The van der Waals surface area contributed by atoms with Gasteiger partial charge in [-0.25, -0.2) is 4.39 Å². The van der Waals surface area contributed by atoms with Gasteiger partial charge in [-0.15, -0.1) is 0 Å². The van der Waals surface area contributed by atoms with E-state index < -0.39 is 0 Å². The summed E-state index contributed by atoms with van der Waals surface area (Å²) >= 11 is 1.58. The van der Waals surface area contributed by atoms with Crippen molar-refractivity contribution in [3.63, 3.8) is 0 Å². The molecule has 0 atom stereocenters. The Morgan fingerprint density at radius 3 is 2.33 bits per heavy atom. The zero-order valence-corrected chi connectivity index (χ0v) is 11.6. The predicted molar refractivity (Wildman–Crippen MR) is 75.6 cm³/mol. The summed E-state index contributed by atoms with van der Waals surface area (Å²) in [6.07, 6.45) is 0. The molecule has 0 saturated carbocycles. The van der Waals surface area contributed by atoms with Gasteiger partial charge in [0.05, 0.1) is 0 Å². The minimum absolute atomic E-state index is 0.252. The van der Waals surface area contributed by atoms with Crippen molar-refractivity contribution in [3.05, 3.63) is 52.8 Å². The zero-order chi connectivity index (χ0) is 13.3. The predicted octanol–water partition coefficient (Wildman–Crippen LogP) is 4.48. The SMILES string of the molecule is Cc1ccc(Sc2cc(C)c(F)cc2N)c(C)c1. The molecule has 0 aliphatic rings. The van der Waals surface area contributed by atoms with Crippen molar-refractivity contribution in [2.24, 2.45) is 0 Å². The van der Waals surface area contributed by atoms with Gasteiger partial charge in [0.2, 0.25) is 0 Å². The fourth-order valence-electron chi connectivity index (χ4n) is 1.79. The van der Waals surface area contributed by atoms with Crippen molar-refractivity contribution >= 4 is 17.4 Å². The van der Waals surface area contributed by atoms with Gasteiger partial charge in [0.1, 0.15) is 5.82 Å². The molecule has 0 radical (unpaired) electrons. The van der Waals surface area contributed by atoms with Crippen LogP contribution in [0.25, 0.3) is 0 Å². The van der Waals surface area contributed by atoms with Gasteiger partial charge in [-0.1, -0.05) is 29.5 Å². The topological polar surface area (TPSA) is 26.0 Å². The second kappa shape index (κ2) is 5.02. The van der Waals surface area contributed by atoms with Crippen molar-refractivity contribution in [2.75, 3.05) is 5.73 Å². The van der Waals surface area contributed by atoms with Crippen LogP contribution in [-0.2, 0) is 0 Å². The number of rotatable bonds is 2. The van der Waals surface area contributed by atoms with Gasteiger partial charge in [0.15, 0.2) is 0 Å². The van der Waals surface area contributed by atoms with E-state index >= 15 is 0 Å². The summed E-state index contributed by atoms with van der Waals surface area (Å²) in [4.78, 5) is 2.05. The number of aryl methyl sites for hydroxylation is 3. The molecule has 1 nitrogen and oxygen atoms in total. The minimum Gasteiger partial charge on any atom is -0.398 e. The summed E-state index contributed by atoms with van der Waals surface area (Å²) in [5.41, 5.74) is 9.41. The highest BCUT2D eigenvalue weighted by molar-refractivity contribution is 7.99. The lowest BCUT2D eigenvalue weighted by molar-refractivity contribution is 0.618. The first kappa shape index (κ1) is 13.0. The van der Waals surface area contributed by atoms with Crippen molar-refractivity contribution in [2.45, 2.75) is 30.6 Å². The van der Waals surface area contributed by atoms with Crippen LogP contribution in [0.1, 0.15) is 16.7 Å². The molecule has 94 valence electrons. The summed E-state index contributed by atoms with van der Waals surface area (Å²) in [6, 6.07) is 9.47. The van der Waals surface area contributed by atoms with E-state index in [1.54, 1.807) is 24.8 Å². The number of nitrogen functional groups attached to an aromatic ring is 1. The van der Waals surface area contributed by atoms with Gasteiger partial charge in [-0.2, -0.15) is 0 Å². The maximum atomic E-state index is 13.3. The average Bonchev–Trinajstić information content (AvgIpc) is 2.29. The van der Waals surface area contributed by atoms with E-state index in [0.717, 1.165) is 9.79 Å². The van der Waals surface area contributed by atoms with E-state index in [1.807, 2.05) is 0 Å². The van der Waals surface area contributed by atoms with Crippen molar-refractivity contribution in [1.82, 2.24) is 0 Å². The normalized spacial score (nSPS) is 10.7. The Bertz CT molecular complexity index is 593. The number of halogens is 1. The van der Waals surface area contributed by atoms with Crippen molar-refractivity contribution in [3.8, 4) is 0 Å². The fraction of sp³-hybridized carbons (Fsp3) is 0.200. The first-order valence-electron chi connectivity index (χ1n) is 5.78. The quantitative estimate of drug-likeness (QED) is 0.806. The third kappa shape index (κ3) is 2.67. The lowest BCUT2D eigenvalue weighted by atomic mass is 10.2. The monoisotopic (exact) mass is 261 g/mol. The molecule has 0 bridgehead atoms. The van der Waals surface area contributed by atoms with Gasteiger partial charge in [-0.05, 0) is 50.1 Å². The second-order valence-electron chi connectivity index (χ2n) is 4.51. The Hall–Kier alpha value is -1.48. The largest absolute Gasteiger partial charge is 0.398 e. The van der Waals surface area contributed by atoms with Gasteiger partial charge in [0.25, 0.3) is 0 Å². The first-order chi connectivity index (χ1) is 8.47. The van der Waals surface area contributed by atoms with E-state index in [4.69, 9.17) is 5.73 Å². The van der Waals surface area contributed by atoms with Crippen LogP contribution in [0.4, 0.5) is 10.1 Å². The van der Waals surface area contributed by atoms with E-state index in [1.165, 1.54) is 17.2 Å². The number of anilines is 1. The van der Waals surface area contributed by atoms with Gasteiger partial charge in [0, 0.05) is 15.5 Å². The summed E-state index contributed by atoms with van der Waals surface area (Å²) in [7, 11) is 0. The van der Waals surface area contributed by atoms with Crippen LogP contribution >= 0.6 is 11.8 Å². The average molecular weight is 261 g/mol. The first-order valence-corrected chi connectivity index (χ1v) is 6.60. The second-order valence-corrected chi connectivity index (χ2v) is 5.59. The molecule has 0 heterocycles. The molecule has 0 aliphatic carbocycles. The van der Waals surface area contributed by atoms with Crippen LogP contribution < -0.4 is 5.73 Å². The van der Waals surface area contributed by atoms with Crippen LogP contribution in [0.5, 0.6) is 0 Å². The molecule has 0 amide bonds. The van der Waals surface area contributed by atoms with E-state index in [2.05, 4.69) is 32.0 Å². The number of benzene rings is 2. The smallest absolute Gasteiger partial charge is 0.128 e. The molecule has 0 fully saturated rings. The Morgan fingerprint density at radius 1 is 0.944 bits per heavy atom. The summed E-state index contributed by atoms with van der Waals surface area (Å²) in [6.45, 7) is 5.89. The zero-order valence-electron chi connectivity index (χ0n) is 10.8. The summed E-state index contributed by atoms with van der Waals surface area (Å²) in [5.74, 6) is -0.252. The van der Waals surface area contributed by atoms with Crippen LogP contribution in [0.15, 0.2) is 40.1 Å². The van der Waals surface area contributed by atoms with Crippen LogP contribution in [0.2, 0.25) is 0 Å². The third-order valence-corrected chi connectivity index (χ3v) is 4.09. The van der Waals surface area contributed by atoms with Crippen LogP contribution in [0, 0.1) is 26.6 Å². The molecule has 3 heteroatoms. The summed E-state index contributed by atoms with van der Waals surface area (Å²) < 4.78 is 13.3. The van der Waals surface area contributed by atoms with E-state index in [0.29, 0.717) is 11.3 Å². The molecule has 18 heavy (non-hydrogen) atoms. The van der Waals surface area contributed by atoms with Crippen LogP contribution in [0.3, 0.4) is 0 Å². The highest BCUT2D eigenvalue weighted by Gasteiger charge is 2.08. The molecule has 2 aromatic carbocycles. The molecule has 0 aliphatic heterocycles. The van der Waals surface area contributed by atoms with E-state index in [-0.39, 0.29) is 5.82 Å².